The minimum atomic E-state index is -1.29. The molecule has 0 bridgehead atoms. The third-order valence-electron chi connectivity index (χ3n) is 5.72. The van der Waals surface area contributed by atoms with Crippen molar-refractivity contribution in [1.29, 1.82) is 0 Å². The number of esters is 2. The van der Waals surface area contributed by atoms with Gasteiger partial charge in [0.1, 0.15) is 0 Å². The summed E-state index contributed by atoms with van der Waals surface area (Å²) in [6.07, 6.45) is -3.43. The van der Waals surface area contributed by atoms with E-state index < -0.39 is 47.9 Å². The van der Waals surface area contributed by atoms with Crippen LogP contribution in [0, 0.1) is 0 Å². The predicted octanol–water partition coefficient (Wildman–Crippen LogP) is 2.68. The maximum absolute atomic E-state index is 12.9. The van der Waals surface area contributed by atoms with E-state index >= 15 is 0 Å². The Morgan fingerprint density at radius 1 is 1.05 bits per heavy atom. The molecule has 7 atom stereocenters. The van der Waals surface area contributed by atoms with Gasteiger partial charge in [0.15, 0.2) is 0 Å². The van der Waals surface area contributed by atoms with Crippen molar-refractivity contribution in [3.63, 3.8) is 0 Å². The summed E-state index contributed by atoms with van der Waals surface area (Å²) < 4.78 is 29.2. The fourth-order valence-corrected chi connectivity index (χ4v) is 4.19. The Labute approximate surface area is 226 Å². The first kappa shape index (κ1) is 29.5. The first-order valence-corrected chi connectivity index (χ1v) is 13.3. The van der Waals surface area contributed by atoms with E-state index in [1.54, 1.807) is 67.2 Å². The van der Waals surface area contributed by atoms with E-state index in [0.717, 1.165) is 12.8 Å². The van der Waals surface area contributed by atoms with Crippen LogP contribution in [0.15, 0.2) is 60.7 Å². The number of ether oxygens (including phenoxy) is 4. The fraction of sp³-hybridized carbons (Fsp3) is 0.440. The van der Waals surface area contributed by atoms with Crippen LogP contribution in [0.1, 0.15) is 40.5 Å². The molecule has 3 rings (SSSR count). The summed E-state index contributed by atoms with van der Waals surface area (Å²) in [5.74, 6) is -1.15. The summed E-state index contributed by atoms with van der Waals surface area (Å²) in [4.78, 5) is 25.5. The fourth-order valence-electron chi connectivity index (χ4n) is 3.79. The van der Waals surface area contributed by atoms with E-state index in [1.807, 2.05) is 6.92 Å². The normalized spacial score (nSPS) is 23.9. The van der Waals surface area contributed by atoms with Crippen LogP contribution in [-0.2, 0) is 23.6 Å². The van der Waals surface area contributed by atoms with E-state index in [0.29, 0.717) is 17.7 Å². The van der Waals surface area contributed by atoms with E-state index in [9.17, 15) is 14.7 Å². The van der Waals surface area contributed by atoms with E-state index in [-0.39, 0.29) is 6.61 Å². The number of hydrogen-bond acceptors (Lipinski definition) is 9. The molecule has 1 aliphatic rings. The van der Waals surface area contributed by atoms with Gasteiger partial charge in [0, 0.05) is 0 Å². The van der Waals surface area contributed by atoms with Gasteiger partial charge < -0.3 is 0 Å². The molecule has 0 radical (unpaired) electrons. The number of carbonyl (C=O) groups is 2. The van der Waals surface area contributed by atoms with Crippen molar-refractivity contribution >= 4 is 47.2 Å². The van der Waals surface area contributed by atoms with E-state index in [1.165, 1.54) is 7.00 Å². The van der Waals surface area contributed by atoms with Crippen LogP contribution in [0.4, 0.5) is 0 Å². The topological polar surface area (TPSA) is 101 Å². The van der Waals surface area contributed by atoms with E-state index in [4.69, 9.17) is 23.6 Å². The first-order valence-electron chi connectivity index (χ1n) is 12.1. The van der Waals surface area contributed by atoms with Crippen LogP contribution < -0.4 is 0 Å². The SMILES string of the molecule is CCCCO[C@@H](COC(=O)c1ccccc1)C1O[C@@H](S)C(O)C(OC(=O)c2ccccc2)[C@@H]1OB=BP. The number of carbonyl (C=O) groups excluding carboxylic acids is 2. The van der Waals surface area contributed by atoms with Crippen molar-refractivity contribution in [3.05, 3.63) is 71.8 Å². The Morgan fingerprint density at radius 2 is 1.68 bits per heavy atom. The van der Waals surface area contributed by atoms with Crippen LogP contribution in [0.5, 0.6) is 0 Å². The molecule has 1 heterocycles. The van der Waals surface area contributed by atoms with Crippen molar-refractivity contribution in [1.82, 2.24) is 0 Å². The molecule has 2 aromatic carbocycles. The molecule has 0 aromatic heterocycles. The number of unbranched alkanes of at least 4 members (excludes halogenated alkanes) is 1. The second-order valence-electron chi connectivity index (χ2n) is 8.37. The van der Waals surface area contributed by atoms with E-state index in [2.05, 4.69) is 21.7 Å². The van der Waals surface area contributed by atoms with Gasteiger partial charge in [-0.1, -0.05) is 0 Å². The summed E-state index contributed by atoms with van der Waals surface area (Å²) in [5, 5.41) is 10.9. The van der Waals surface area contributed by atoms with Crippen molar-refractivity contribution in [2.45, 2.75) is 55.7 Å². The molecule has 1 fully saturated rings. The van der Waals surface area contributed by atoms with Gasteiger partial charge in [-0.25, -0.2) is 0 Å². The zero-order chi connectivity index (χ0) is 26.6. The maximum atomic E-state index is 12.9. The van der Waals surface area contributed by atoms with Gasteiger partial charge in [-0.3, -0.25) is 0 Å². The Hall–Kier alpha value is -2.03. The van der Waals surface area contributed by atoms with Crippen LogP contribution in [0.3, 0.4) is 0 Å². The Balaban J connectivity index is 1.84. The summed E-state index contributed by atoms with van der Waals surface area (Å²) in [6.45, 7) is 3.83. The first-order chi connectivity index (χ1) is 18.0. The van der Waals surface area contributed by atoms with Gasteiger partial charge in [0.2, 0.25) is 0 Å². The molecular weight excluding hydrogens is 513 g/mol. The molecule has 1 N–H and O–H groups in total. The predicted molar refractivity (Wildman–Crippen MR) is 147 cm³/mol. The van der Waals surface area contributed by atoms with Gasteiger partial charge in [0.05, 0.1) is 0 Å². The van der Waals surface area contributed by atoms with Crippen LogP contribution in [0.2, 0.25) is 0 Å². The van der Waals surface area contributed by atoms with Crippen molar-refractivity contribution in [2.75, 3.05) is 13.2 Å². The summed E-state index contributed by atoms with van der Waals surface area (Å²) in [6, 6.07) is 17.0. The molecule has 1 aliphatic heterocycles. The molecule has 8 nitrogen and oxygen atoms in total. The minimum absolute atomic E-state index is 0.150. The van der Waals surface area contributed by atoms with Crippen molar-refractivity contribution in [3.8, 4) is 0 Å². The van der Waals surface area contributed by atoms with Crippen molar-refractivity contribution < 1.29 is 38.3 Å². The number of hydrogen-bond donors (Lipinski definition) is 2. The summed E-state index contributed by atoms with van der Waals surface area (Å²) in [7, 11) is 3.77. The molecule has 2 aromatic rings. The molecule has 37 heavy (non-hydrogen) atoms. The second-order valence-corrected chi connectivity index (χ2v) is 9.27. The number of aliphatic hydroxyl groups is 1. The third kappa shape index (κ3) is 8.48. The molecule has 0 aliphatic carbocycles. The molecule has 1 saturated heterocycles. The van der Waals surface area contributed by atoms with Crippen LogP contribution in [-0.4, -0.2) is 79.7 Å². The molecule has 196 valence electrons. The zero-order valence-electron chi connectivity index (χ0n) is 20.6. The van der Waals surface area contributed by atoms with Gasteiger partial charge in [-0.2, -0.15) is 0 Å². The van der Waals surface area contributed by atoms with Gasteiger partial charge in [-0.15, -0.1) is 0 Å². The molecule has 4 unspecified atom stereocenters. The van der Waals surface area contributed by atoms with Gasteiger partial charge in [0.25, 0.3) is 0 Å². The Morgan fingerprint density at radius 3 is 2.27 bits per heavy atom. The van der Waals surface area contributed by atoms with Crippen molar-refractivity contribution in [2.24, 2.45) is 0 Å². The number of thiol groups is 1. The molecule has 0 amide bonds. The van der Waals surface area contributed by atoms with Crippen LogP contribution in [0.25, 0.3) is 0 Å². The van der Waals surface area contributed by atoms with Crippen LogP contribution >= 0.6 is 21.7 Å². The average Bonchev–Trinajstić information content (AvgIpc) is 2.93. The second kappa shape index (κ2) is 15.4. The molecule has 0 spiro atoms. The molecule has 12 heteroatoms. The molecular formula is C25H31B2O8PS. The number of aliphatic hydroxyl groups excluding tert-OH is 1. The quantitative estimate of drug-likeness (QED) is 0.139. The number of rotatable bonds is 12. The Bertz CT molecular complexity index is 1020. The Kier molecular flexibility index (Phi) is 12.3. The van der Waals surface area contributed by atoms with Gasteiger partial charge >= 0.3 is 226 Å². The zero-order valence-corrected chi connectivity index (χ0v) is 22.6. The summed E-state index contributed by atoms with van der Waals surface area (Å²) in [5.41, 5.74) is -0.294. The number of benzene rings is 2. The monoisotopic (exact) mass is 544 g/mol. The average molecular weight is 544 g/mol. The molecule has 0 saturated carbocycles. The third-order valence-corrected chi connectivity index (χ3v) is 6.31. The summed E-state index contributed by atoms with van der Waals surface area (Å²) >= 11 is 4.38. The standard InChI is InChI=1S/C25H31B2O8PS/c1-2-3-14-31-18(15-32-23(29)16-10-6-4-7-11-16)20-22(35-26-27-36)21(19(28)25(37)34-20)33-24(30)17-12-8-5-9-13-17/h4-13,18-22,25,28,37H,2-3,14-15,36H2,1H3/t18-,19?,20?,21?,22+,25-/m0/s1. The van der Waals surface area contributed by atoms with Gasteiger partial charge in [-0.05, 0) is 0 Å².